The molecule has 0 saturated carbocycles. The number of aromatic nitrogens is 4. The number of nitrogen functional groups attached to an aromatic ring is 1. The zero-order valence-corrected chi connectivity index (χ0v) is 12.2. The lowest BCUT2D eigenvalue weighted by molar-refractivity contribution is 1.21. The van der Waals surface area contributed by atoms with Crippen LogP contribution >= 0.6 is 0 Å². The van der Waals surface area contributed by atoms with Crippen molar-refractivity contribution < 1.29 is 0 Å². The summed E-state index contributed by atoms with van der Waals surface area (Å²) in [4.78, 5) is 17.7. The third kappa shape index (κ3) is 2.38. The average Bonchev–Trinajstić information content (AvgIpc) is 2.62. The standard InChI is InChI=1S/C18H13N5/c19-18-22-14-9-5-6-12(13-7-1-3-10-20-13)16(14)17(23-18)15-8-2-4-11-21-15/h1-11H,(H2,19,22,23). The summed E-state index contributed by atoms with van der Waals surface area (Å²) < 4.78 is 0. The number of rotatable bonds is 2. The molecule has 0 radical (unpaired) electrons. The minimum atomic E-state index is 0.233. The summed E-state index contributed by atoms with van der Waals surface area (Å²) >= 11 is 0. The second kappa shape index (κ2) is 5.46. The van der Waals surface area contributed by atoms with Crippen LogP contribution in [0.5, 0.6) is 0 Å². The molecule has 4 aromatic rings. The van der Waals surface area contributed by atoms with E-state index < -0.39 is 0 Å². The Kier molecular flexibility index (Phi) is 3.16. The minimum Gasteiger partial charge on any atom is -0.368 e. The maximum absolute atomic E-state index is 5.89. The van der Waals surface area contributed by atoms with Gasteiger partial charge in [-0.3, -0.25) is 9.97 Å². The zero-order chi connectivity index (χ0) is 15.6. The van der Waals surface area contributed by atoms with Crippen LogP contribution in [0, 0.1) is 0 Å². The number of benzene rings is 1. The van der Waals surface area contributed by atoms with Crippen molar-refractivity contribution in [3.05, 3.63) is 67.0 Å². The third-order valence-electron chi connectivity index (χ3n) is 3.59. The molecule has 0 aliphatic heterocycles. The topological polar surface area (TPSA) is 77.6 Å². The van der Waals surface area contributed by atoms with Crippen LogP contribution in [0.2, 0.25) is 0 Å². The molecular weight excluding hydrogens is 286 g/mol. The third-order valence-corrected chi connectivity index (χ3v) is 3.59. The summed E-state index contributed by atoms with van der Waals surface area (Å²) in [6.07, 6.45) is 3.51. The number of nitrogens with two attached hydrogens (primary N) is 1. The first kappa shape index (κ1) is 13.3. The second-order valence-electron chi connectivity index (χ2n) is 5.06. The van der Waals surface area contributed by atoms with Crippen molar-refractivity contribution in [1.82, 2.24) is 19.9 Å². The summed E-state index contributed by atoms with van der Waals surface area (Å²) in [7, 11) is 0. The second-order valence-corrected chi connectivity index (χ2v) is 5.06. The van der Waals surface area contributed by atoms with Crippen molar-refractivity contribution in [3.63, 3.8) is 0 Å². The highest BCUT2D eigenvalue weighted by Crippen LogP contribution is 2.33. The van der Waals surface area contributed by atoms with Crippen molar-refractivity contribution in [3.8, 4) is 22.6 Å². The van der Waals surface area contributed by atoms with E-state index in [1.807, 2.05) is 54.6 Å². The average molecular weight is 299 g/mol. The van der Waals surface area contributed by atoms with Crippen LogP contribution in [0.15, 0.2) is 67.0 Å². The maximum Gasteiger partial charge on any atom is 0.221 e. The van der Waals surface area contributed by atoms with Crippen molar-refractivity contribution in [2.75, 3.05) is 5.73 Å². The molecule has 0 amide bonds. The van der Waals surface area contributed by atoms with Crippen LogP contribution in [0.3, 0.4) is 0 Å². The van der Waals surface area contributed by atoms with Crippen molar-refractivity contribution in [2.24, 2.45) is 0 Å². The summed E-state index contributed by atoms with van der Waals surface area (Å²) in [6, 6.07) is 17.4. The van der Waals surface area contributed by atoms with Gasteiger partial charge >= 0.3 is 0 Å². The number of hydrogen-bond acceptors (Lipinski definition) is 5. The van der Waals surface area contributed by atoms with Crippen molar-refractivity contribution >= 4 is 16.9 Å². The smallest absolute Gasteiger partial charge is 0.221 e. The fraction of sp³-hybridized carbons (Fsp3) is 0. The maximum atomic E-state index is 5.89. The Morgan fingerprint density at radius 2 is 1.43 bits per heavy atom. The molecule has 2 N–H and O–H groups in total. The first-order valence-electron chi connectivity index (χ1n) is 7.22. The Balaban J connectivity index is 2.10. The SMILES string of the molecule is Nc1nc(-c2ccccn2)c2c(-c3ccccn3)cccc2n1. The predicted molar refractivity (Wildman–Crippen MR) is 90.4 cm³/mol. The summed E-state index contributed by atoms with van der Waals surface area (Å²) in [5, 5.41) is 0.902. The molecule has 3 heterocycles. The van der Waals surface area contributed by atoms with Gasteiger partial charge in [-0.25, -0.2) is 9.97 Å². The molecule has 0 bridgehead atoms. The van der Waals surface area contributed by atoms with Crippen LogP contribution in [0.4, 0.5) is 5.95 Å². The lowest BCUT2D eigenvalue weighted by Crippen LogP contribution is -2.00. The number of nitrogens with zero attached hydrogens (tertiary/aromatic N) is 4. The van der Waals surface area contributed by atoms with E-state index in [9.17, 15) is 0 Å². The Morgan fingerprint density at radius 3 is 2.13 bits per heavy atom. The Morgan fingerprint density at radius 1 is 0.696 bits per heavy atom. The van der Waals surface area contributed by atoms with E-state index >= 15 is 0 Å². The molecule has 0 aliphatic rings. The van der Waals surface area contributed by atoms with Crippen LogP contribution in [0.1, 0.15) is 0 Å². The summed E-state index contributed by atoms with van der Waals surface area (Å²) in [6.45, 7) is 0. The Labute approximate surface area is 132 Å². The van der Waals surface area contributed by atoms with Crippen molar-refractivity contribution in [2.45, 2.75) is 0 Å². The number of fused-ring (bicyclic) bond motifs is 1. The van der Waals surface area contributed by atoms with Gasteiger partial charge in [-0.1, -0.05) is 24.3 Å². The van der Waals surface area contributed by atoms with Gasteiger partial charge in [0.15, 0.2) is 0 Å². The van der Waals surface area contributed by atoms with Crippen LogP contribution < -0.4 is 5.73 Å². The molecule has 23 heavy (non-hydrogen) atoms. The monoisotopic (exact) mass is 299 g/mol. The largest absolute Gasteiger partial charge is 0.368 e. The zero-order valence-electron chi connectivity index (χ0n) is 12.2. The van der Waals surface area contributed by atoms with Crippen LogP contribution in [0.25, 0.3) is 33.5 Å². The molecule has 1 aromatic carbocycles. The summed E-state index contributed by atoms with van der Waals surface area (Å²) in [5.74, 6) is 0.233. The van der Waals surface area contributed by atoms with E-state index in [-0.39, 0.29) is 5.95 Å². The minimum absolute atomic E-state index is 0.233. The van der Waals surface area contributed by atoms with Gasteiger partial charge in [0.25, 0.3) is 0 Å². The molecule has 0 saturated heterocycles. The molecule has 0 spiro atoms. The highest BCUT2D eigenvalue weighted by atomic mass is 15.0. The molecule has 5 heteroatoms. The normalized spacial score (nSPS) is 10.8. The first-order valence-corrected chi connectivity index (χ1v) is 7.22. The van der Waals surface area contributed by atoms with Gasteiger partial charge in [0.05, 0.1) is 16.9 Å². The number of hydrogen-bond donors (Lipinski definition) is 1. The van der Waals surface area contributed by atoms with Gasteiger partial charge < -0.3 is 5.73 Å². The molecule has 3 aromatic heterocycles. The highest BCUT2D eigenvalue weighted by molar-refractivity contribution is 6.02. The molecular formula is C18H13N5. The van der Waals surface area contributed by atoms with E-state index in [1.54, 1.807) is 12.4 Å². The molecule has 0 unspecified atom stereocenters. The van der Waals surface area contributed by atoms with Gasteiger partial charge in [-0.15, -0.1) is 0 Å². The van der Waals surface area contributed by atoms with Gasteiger partial charge in [0.2, 0.25) is 5.95 Å². The van der Waals surface area contributed by atoms with E-state index in [1.165, 1.54) is 0 Å². The van der Waals surface area contributed by atoms with Gasteiger partial charge in [0.1, 0.15) is 5.69 Å². The summed E-state index contributed by atoms with van der Waals surface area (Å²) in [5.41, 5.74) is 9.97. The van der Waals surface area contributed by atoms with Gasteiger partial charge in [0, 0.05) is 23.3 Å². The van der Waals surface area contributed by atoms with Crippen molar-refractivity contribution in [1.29, 1.82) is 0 Å². The van der Waals surface area contributed by atoms with E-state index in [4.69, 9.17) is 5.73 Å². The number of pyridine rings is 2. The van der Waals surface area contributed by atoms with Gasteiger partial charge in [-0.2, -0.15) is 0 Å². The van der Waals surface area contributed by atoms with Gasteiger partial charge in [-0.05, 0) is 30.3 Å². The molecule has 0 atom stereocenters. The fourth-order valence-electron chi connectivity index (χ4n) is 2.62. The predicted octanol–water partition coefficient (Wildman–Crippen LogP) is 3.34. The molecule has 110 valence electrons. The lowest BCUT2D eigenvalue weighted by atomic mass is 10.0. The van der Waals surface area contributed by atoms with Crippen LogP contribution in [-0.4, -0.2) is 19.9 Å². The first-order chi connectivity index (χ1) is 11.3. The van der Waals surface area contributed by atoms with Crippen LogP contribution in [-0.2, 0) is 0 Å². The Bertz CT molecular complexity index is 968. The van der Waals surface area contributed by atoms with E-state index in [2.05, 4.69) is 19.9 Å². The fourth-order valence-corrected chi connectivity index (χ4v) is 2.62. The molecule has 4 rings (SSSR count). The highest BCUT2D eigenvalue weighted by Gasteiger charge is 2.14. The Hall–Kier alpha value is -3.34. The molecule has 5 nitrogen and oxygen atoms in total. The lowest BCUT2D eigenvalue weighted by Gasteiger charge is -2.10. The quantitative estimate of drug-likeness (QED) is 0.614. The molecule has 0 aliphatic carbocycles. The number of anilines is 1. The van der Waals surface area contributed by atoms with E-state index in [0.29, 0.717) is 5.69 Å². The van der Waals surface area contributed by atoms with E-state index in [0.717, 1.165) is 27.9 Å². The molecule has 0 fully saturated rings.